The Morgan fingerprint density at radius 2 is 1.56 bits per heavy atom. The van der Waals surface area contributed by atoms with Crippen LogP contribution in [0.2, 0.25) is 0 Å². The van der Waals surface area contributed by atoms with Crippen LogP contribution in [0.25, 0.3) is 0 Å². The number of Topliss-reactive ketones (excluding diaryl/α,β-unsaturated/α-hetero) is 1. The van der Waals surface area contributed by atoms with Crippen LogP contribution in [0.1, 0.15) is 26.5 Å². The SMILES string of the molecule is O=C(N[C@H](NCc1ccccc1)C(=O)c1ccccc1)c1ccco1. The van der Waals surface area contributed by atoms with Crippen molar-refractivity contribution in [3.8, 4) is 0 Å². The van der Waals surface area contributed by atoms with Crippen LogP contribution in [-0.4, -0.2) is 17.9 Å². The van der Waals surface area contributed by atoms with Crippen LogP contribution < -0.4 is 10.6 Å². The minimum absolute atomic E-state index is 0.160. The summed E-state index contributed by atoms with van der Waals surface area (Å²) in [4.78, 5) is 25.0. The van der Waals surface area contributed by atoms with Crippen LogP contribution in [0, 0.1) is 0 Å². The van der Waals surface area contributed by atoms with Gasteiger partial charge in [-0.05, 0) is 17.7 Å². The van der Waals surface area contributed by atoms with Crippen molar-refractivity contribution < 1.29 is 14.0 Å². The van der Waals surface area contributed by atoms with Gasteiger partial charge in [-0.25, -0.2) is 0 Å². The van der Waals surface area contributed by atoms with E-state index >= 15 is 0 Å². The van der Waals surface area contributed by atoms with Crippen LogP contribution >= 0.6 is 0 Å². The molecule has 1 heterocycles. The van der Waals surface area contributed by atoms with Gasteiger partial charge in [-0.2, -0.15) is 0 Å². The van der Waals surface area contributed by atoms with Gasteiger partial charge in [0.25, 0.3) is 5.91 Å². The number of amides is 1. The zero-order chi connectivity index (χ0) is 17.5. The zero-order valence-electron chi connectivity index (χ0n) is 13.5. The lowest BCUT2D eigenvalue weighted by molar-refractivity contribution is 0.0821. The van der Waals surface area contributed by atoms with Crippen molar-refractivity contribution in [1.29, 1.82) is 0 Å². The topological polar surface area (TPSA) is 71.3 Å². The van der Waals surface area contributed by atoms with E-state index in [1.165, 1.54) is 6.26 Å². The van der Waals surface area contributed by atoms with E-state index in [1.54, 1.807) is 36.4 Å². The fourth-order valence-electron chi connectivity index (χ4n) is 2.40. The molecule has 5 heteroatoms. The van der Waals surface area contributed by atoms with Crippen molar-refractivity contribution in [2.45, 2.75) is 12.7 Å². The summed E-state index contributed by atoms with van der Waals surface area (Å²) in [6, 6.07) is 21.7. The molecule has 2 aromatic carbocycles. The van der Waals surface area contributed by atoms with Gasteiger partial charge in [0.05, 0.1) is 6.26 Å². The van der Waals surface area contributed by atoms with Gasteiger partial charge in [-0.1, -0.05) is 60.7 Å². The summed E-state index contributed by atoms with van der Waals surface area (Å²) in [7, 11) is 0. The molecule has 0 aliphatic heterocycles. The zero-order valence-corrected chi connectivity index (χ0v) is 13.5. The van der Waals surface area contributed by atoms with E-state index in [9.17, 15) is 9.59 Å². The molecule has 0 aliphatic carbocycles. The number of nitrogens with one attached hydrogen (secondary N) is 2. The Labute approximate surface area is 145 Å². The molecular formula is C20H18N2O3. The van der Waals surface area contributed by atoms with Crippen LogP contribution in [-0.2, 0) is 6.54 Å². The Kier molecular flexibility index (Phi) is 5.39. The van der Waals surface area contributed by atoms with Gasteiger partial charge in [-0.3, -0.25) is 14.9 Å². The lowest BCUT2D eigenvalue weighted by Crippen LogP contribution is -2.50. The molecule has 0 bridgehead atoms. The monoisotopic (exact) mass is 334 g/mol. The van der Waals surface area contributed by atoms with Crippen molar-refractivity contribution in [2.24, 2.45) is 0 Å². The quantitative estimate of drug-likeness (QED) is 0.515. The molecule has 0 unspecified atom stereocenters. The molecule has 1 aromatic heterocycles. The summed E-state index contributed by atoms with van der Waals surface area (Å²) in [6.07, 6.45) is 0.556. The molecule has 1 atom stereocenters. The lowest BCUT2D eigenvalue weighted by atomic mass is 10.1. The van der Waals surface area contributed by atoms with Crippen molar-refractivity contribution in [3.05, 3.63) is 95.9 Å². The molecule has 0 saturated carbocycles. The highest BCUT2D eigenvalue weighted by molar-refractivity contribution is 6.03. The summed E-state index contributed by atoms with van der Waals surface area (Å²) in [5.74, 6) is -0.497. The number of furan rings is 1. The highest BCUT2D eigenvalue weighted by Crippen LogP contribution is 2.06. The summed E-state index contributed by atoms with van der Waals surface area (Å²) in [5, 5.41) is 5.80. The van der Waals surface area contributed by atoms with Gasteiger partial charge in [0.15, 0.2) is 11.5 Å². The molecule has 0 spiro atoms. The normalized spacial score (nSPS) is 11.7. The maximum absolute atomic E-state index is 12.8. The first-order valence-corrected chi connectivity index (χ1v) is 7.95. The Morgan fingerprint density at radius 3 is 2.20 bits per heavy atom. The molecule has 2 N–H and O–H groups in total. The average Bonchev–Trinajstić information content (AvgIpc) is 3.21. The number of carbonyl (C=O) groups is 2. The number of hydrogen-bond donors (Lipinski definition) is 2. The van der Waals surface area contributed by atoms with Gasteiger partial charge in [0, 0.05) is 12.1 Å². The predicted octanol–water partition coefficient (Wildman–Crippen LogP) is 3.01. The lowest BCUT2D eigenvalue weighted by Gasteiger charge is -2.19. The maximum atomic E-state index is 12.8. The van der Waals surface area contributed by atoms with Crippen molar-refractivity contribution in [2.75, 3.05) is 0 Å². The number of ketones is 1. The molecule has 3 aromatic rings. The average molecular weight is 334 g/mol. The van der Waals surface area contributed by atoms with Gasteiger partial charge in [-0.15, -0.1) is 0 Å². The number of benzene rings is 2. The fourth-order valence-corrected chi connectivity index (χ4v) is 2.40. The van der Waals surface area contributed by atoms with Crippen molar-refractivity contribution in [1.82, 2.24) is 10.6 Å². The van der Waals surface area contributed by atoms with E-state index in [-0.39, 0.29) is 11.5 Å². The van der Waals surface area contributed by atoms with Gasteiger partial charge in [0.1, 0.15) is 6.17 Å². The van der Waals surface area contributed by atoms with E-state index in [1.807, 2.05) is 36.4 Å². The highest BCUT2D eigenvalue weighted by Gasteiger charge is 2.23. The Morgan fingerprint density at radius 1 is 0.880 bits per heavy atom. The molecule has 5 nitrogen and oxygen atoms in total. The smallest absolute Gasteiger partial charge is 0.288 e. The van der Waals surface area contributed by atoms with E-state index in [0.29, 0.717) is 12.1 Å². The maximum Gasteiger partial charge on any atom is 0.288 e. The van der Waals surface area contributed by atoms with Gasteiger partial charge >= 0.3 is 0 Å². The van der Waals surface area contributed by atoms with Crippen molar-refractivity contribution >= 4 is 11.7 Å². The third kappa shape index (κ3) is 4.43. The third-order valence-electron chi connectivity index (χ3n) is 3.69. The number of hydrogen-bond acceptors (Lipinski definition) is 4. The van der Waals surface area contributed by atoms with Crippen LogP contribution in [0.4, 0.5) is 0 Å². The number of carbonyl (C=O) groups excluding carboxylic acids is 2. The van der Waals surface area contributed by atoms with E-state index in [0.717, 1.165) is 5.56 Å². The van der Waals surface area contributed by atoms with Crippen LogP contribution in [0.3, 0.4) is 0 Å². The second-order valence-corrected chi connectivity index (χ2v) is 5.48. The Balaban J connectivity index is 1.75. The summed E-state index contributed by atoms with van der Waals surface area (Å²) >= 11 is 0. The Hall–Kier alpha value is -3.18. The second-order valence-electron chi connectivity index (χ2n) is 5.48. The molecule has 3 rings (SSSR count). The molecule has 126 valence electrons. The molecule has 1 amide bonds. The first-order chi connectivity index (χ1) is 12.2. The summed E-state index contributed by atoms with van der Waals surface area (Å²) in [6.45, 7) is 0.447. The van der Waals surface area contributed by atoms with Crippen LogP contribution in [0.15, 0.2) is 83.5 Å². The first-order valence-electron chi connectivity index (χ1n) is 7.95. The minimum Gasteiger partial charge on any atom is -0.459 e. The van der Waals surface area contributed by atoms with Gasteiger partial charge in [0.2, 0.25) is 0 Å². The molecular weight excluding hydrogens is 316 g/mol. The van der Waals surface area contributed by atoms with Gasteiger partial charge < -0.3 is 9.73 Å². The van der Waals surface area contributed by atoms with E-state index in [2.05, 4.69) is 10.6 Å². The predicted molar refractivity (Wildman–Crippen MR) is 94.0 cm³/mol. The molecule has 0 saturated heterocycles. The third-order valence-corrected chi connectivity index (χ3v) is 3.69. The Bertz CT molecular complexity index is 815. The molecule has 25 heavy (non-hydrogen) atoms. The molecule has 0 radical (unpaired) electrons. The molecule has 0 fully saturated rings. The molecule has 0 aliphatic rings. The van der Waals surface area contributed by atoms with Crippen LogP contribution in [0.5, 0.6) is 0 Å². The van der Waals surface area contributed by atoms with E-state index < -0.39 is 12.1 Å². The largest absolute Gasteiger partial charge is 0.459 e. The minimum atomic E-state index is -0.861. The standard InChI is InChI=1S/C20H18N2O3/c23-18(16-10-5-2-6-11-16)19(21-14-15-8-3-1-4-9-15)22-20(24)17-12-7-13-25-17/h1-13,19,21H,14H2,(H,22,24)/t19-/m0/s1. The fraction of sp³-hybridized carbons (Fsp3) is 0.100. The summed E-state index contributed by atoms with van der Waals surface area (Å²) in [5.41, 5.74) is 1.54. The summed E-state index contributed by atoms with van der Waals surface area (Å²) < 4.78 is 5.09. The second kappa shape index (κ2) is 8.08. The first kappa shape index (κ1) is 16.7. The number of rotatable bonds is 7. The van der Waals surface area contributed by atoms with E-state index in [4.69, 9.17) is 4.42 Å². The highest BCUT2D eigenvalue weighted by atomic mass is 16.3. The van der Waals surface area contributed by atoms with Crippen molar-refractivity contribution in [3.63, 3.8) is 0 Å².